The van der Waals surface area contributed by atoms with Crippen LogP contribution < -0.4 is 5.32 Å². The summed E-state index contributed by atoms with van der Waals surface area (Å²) < 4.78 is 0. The number of carboxylic acid groups (broad SMARTS) is 1. The number of hydrogen-bond donors (Lipinski definition) is 2. The fourth-order valence-electron chi connectivity index (χ4n) is 2.27. The fraction of sp³-hybridized carbons (Fsp3) is 0.923. The van der Waals surface area contributed by atoms with Crippen LogP contribution >= 0.6 is 0 Å². The standard InChI is InChI=1S/C13H26N2O2/c1-12(6-7-13(16)17)14-8-11-15-9-4-2-3-5-10-15/h12,14H,2-11H2,1H3,(H,16,17). The first-order chi connectivity index (χ1) is 8.18. The molecule has 0 aromatic heterocycles. The van der Waals surface area contributed by atoms with E-state index in [2.05, 4.69) is 17.1 Å². The number of nitrogens with one attached hydrogen (secondary N) is 1. The third-order valence-corrected chi connectivity index (χ3v) is 3.41. The minimum Gasteiger partial charge on any atom is -0.481 e. The van der Waals surface area contributed by atoms with Crippen molar-refractivity contribution in [1.82, 2.24) is 10.2 Å². The van der Waals surface area contributed by atoms with Gasteiger partial charge in [-0.1, -0.05) is 12.8 Å². The lowest BCUT2D eigenvalue weighted by atomic mass is 10.2. The molecule has 1 aliphatic rings. The highest BCUT2D eigenvalue weighted by Crippen LogP contribution is 2.08. The molecule has 1 saturated heterocycles. The smallest absolute Gasteiger partial charge is 0.303 e. The molecule has 0 aromatic rings. The van der Waals surface area contributed by atoms with Gasteiger partial charge in [-0.15, -0.1) is 0 Å². The normalized spacial score (nSPS) is 19.8. The van der Waals surface area contributed by atoms with Crippen LogP contribution in [0.1, 0.15) is 45.4 Å². The molecule has 1 aliphatic heterocycles. The van der Waals surface area contributed by atoms with Crippen LogP contribution in [0.4, 0.5) is 0 Å². The quantitative estimate of drug-likeness (QED) is 0.713. The van der Waals surface area contributed by atoms with Gasteiger partial charge in [0, 0.05) is 25.6 Å². The lowest BCUT2D eigenvalue weighted by Crippen LogP contribution is -2.36. The molecule has 1 heterocycles. The summed E-state index contributed by atoms with van der Waals surface area (Å²) in [4.78, 5) is 12.9. The second kappa shape index (κ2) is 8.48. The van der Waals surface area contributed by atoms with Crippen molar-refractivity contribution in [2.24, 2.45) is 0 Å². The summed E-state index contributed by atoms with van der Waals surface area (Å²) in [7, 11) is 0. The Hall–Kier alpha value is -0.610. The van der Waals surface area contributed by atoms with Gasteiger partial charge in [-0.25, -0.2) is 0 Å². The van der Waals surface area contributed by atoms with Crippen LogP contribution in [-0.4, -0.2) is 48.2 Å². The number of hydrogen-bond acceptors (Lipinski definition) is 3. The molecule has 0 aromatic carbocycles. The van der Waals surface area contributed by atoms with Gasteiger partial charge >= 0.3 is 5.97 Å². The lowest BCUT2D eigenvalue weighted by molar-refractivity contribution is -0.137. The molecular formula is C13H26N2O2. The molecule has 1 fully saturated rings. The molecule has 0 aliphatic carbocycles. The Morgan fingerprint density at radius 1 is 1.29 bits per heavy atom. The SMILES string of the molecule is CC(CCC(=O)O)NCCN1CCCCCC1. The van der Waals surface area contributed by atoms with Crippen molar-refractivity contribution in [1.29, 1.82) is 0 Å². The predicted octanol–water partition coefficient (Wildman–Crippen LogP) is 1.71. The third kappa shape index (κ3) is 7.34. The lowest BCUT2D eigenvalue weighted by Gasteiger charge is -2.21. The van der Waals surface area contributed by atoms with E-state index in [0.717, 1.165) is 19.5 Å². The molecule has 1 atom stereocenters. The van der Waals surface area contributed by atoms with E-state index in [9.17, 15) is 4.79 Å². The van der Waals surface area contributed by atoms with Crippen LogP contribution in [0.5, 0.6) is 0 Å². The van der Waals surface area contributed by atoms with Crippen molar-refractivity contribution in [2.75, 3.05) is 26.2 Å². The number of carbonyl (C=O) groups is 1. The monoisotopic (exact) mass is 242 g/mol. The molecule has 100 valence electrons. The molecule has 1 rings (SSSR count). The molecule has 4 heteroatoms. The van der Waals surface area contributed by atoms with Crippen molar-refractivity contribution in [2.45, 2.75) is 51.5 Å². The van der Waals surface area contributed by atoms with Gasteiger partial charge in [-0.3, -0.25) is 4.79 Å². The Balaban J connectivity index is 2.03. The van der Waals surface area contributed by atoms with E-state index < -0.39 is 5.97 Å². The minimum atomic E-state index is -0.703. The molecular weight excluding hydrogens is 216 g/mol. The van der Waals surface area contributed by atoms with E-state index >= 15 is 0 Å². The summed E-state index contributed by atoms with van der Waals surface area (Å²) in [6, 6.07) is 0.304. The Bertz CT molecular complexity index is 213. The van der Waals surface area contributed by atoms with Gasteiger partial charge in [0.05, 0.1) is 0 Å². The topological polar surface area (TPSA) is 52.6 Å². The second-order valence-corrected chi connectivity index (χ2v) is 5.04. The first kappa shape index (κ1) is 14.5. The molecule has 0 bridgehead atoms. The maximum absolute atomic E-state index is 10.4. The van der Waals surface area contributed by atoms with Crippen LogP contribution in [0.3, 0.4) is 0 Å². The summed E-state index contributed by atoms with van der Waals surface area (Å²) in [6.07, 6.45) is 6.38. The van der Waals surface area contributed by atoms with Gasteiger partial charge in [0.1, 0.15) is 0 Å². The zero-order chi connectivity index (χ0) is 12.5. The average molecular weight is 242 g/mol. The minimum absolute atomic E-state index is 0.262. The highest BCUT2D eigenvalue weighted by Gasteiger charge is 2.09. The van der Waals surface area contributed by atoms with E-state index in [4.69, 9.17) is 5.11 Å². The van der Waals surface area contributed by atoms with Crippen LogP contribution in [-0.2, 0) is 4.79 Å². The molecule has 0 spiro atoms. The van der Waals surface area contributed by atoms with Crippen molar-refractivity contribution in [3.63, 3.8) is 0 Å². The maximum atomic E-state index is 10.4. The van der Waals surface area contributed by atoms with Gasteiger partial charge in [0.15, 0.2) is 0 Å². The molecule has 2 N–H and O–H groups in total. The molecule has 1 unspecified atom stereocenters. The third-order valence-electron chi connectivity index (χ3n) is 3.41. The van der Waals surface area contributed by atoms with Crippen LogP contribution in [0.25, 0.3) is 0 Å². The number of rotatable bonds is 7. The summed E-state index contributed by atoms with van der Waals surface area (Å²) >= 11 is 0. The molecule has 0 radical (unpaired) electrons. The van der Waals surface area contributed by atoms with Crippen LogP contribution in [0.2, 0.25) is 0 Å². The summed E-state index contributed by atoms with van der Waals surface area (Å²) in [5, 5.41) is 12.0. The van der Waals surface area contributed by atoms with Crippen molar-refractivity contribution >= 4 is 5.97 Å². The maximum Gasteiger partial charge on any atom is 0.303 e. The predicted molar refractivity (Wildman–Crippen MR) is 69.2 cm³/mol. The van der Waals surface area contributed by atoms with E-state index in [-0.39, 0.29) is 6.42 Å². The Kier molecular flexibility index (Phi) is 7.21. The fourth-order valence-corrected chi connectivity index (χ4v) is 2.27. The van der Waals surface area contributed by atoms with E-state index in [1.54, 1.807) is 0 Å². The largest absolute Gasteiger partial charge is 0.481 e. The van der Waals surface area contributed by atoms with Crippen molar-refractivity contribution < 1.29 is 9.90 Å². The first-order valence-corrected chi connectivity index (χ1v) is 6.86. The first-order valence-electron chi connectivity index (χ1n) is 6.86. The molecule has 0 amide bonds. The van der Waals surface area contributed by atoms with Gasteiger partial charge in [-0.2, -0.15) is 0 Å². The van der Waals surface area contributed by atoms with Gasteiger partial charge in [0.2, 0.25) is 0 Å². The van der Waals surface area contributed by atoms with Crippen molar-refractivity contribution in [3.8, 4) is 0 Å². The summed E-state index contributed by atoms with van der Waals surface area (Å²) in [5.74, 6) is -0.703. The Morgan fingerprint density at radius 3 is 2.53 bits per heavy atom. The zero-order valence-corrected chi connectivity index (χ0v) is 11.0. The zero-order valence-electron chi connectivity index (χ0n) is 11.0. The molecule has 17 heavy (non-hydrogen) atoms. The van der Waals surface area contributed by atoms with Gasteiger partial charge < -0.3 is 15.3 Å². The summed E-state index contributed by atoms with van der Waals surface area (Å²) in [5.41, 5.74) is 0. The van der Waals surface area contributed by atoms with Crippen LogP contribution in [0.15, 0.2) is 0 Å². The van der Waals surface area contributed by atoms with E-state index in [0.29, 0.717) is 6.04 Å². The van der Waals surface area contributed by atoms with Gasteiger partial charge in [0.25, 0.3) is 0 Å². The molecule has 0 saturated carbocycles. The average Bonchev–Trinajstić information content (AvgIpc) is 2.55. The Labute approximate surface area is 104 Å². The van der Waals surface area contributed by atoms with Gasteiger partial charge in [-0.05, 0) is 39.3 Å². The highest BCUT2D eigenvalue weighted by molar-refractivity contribution is 5.66. The number of carboxylic acids is 1. The molecule has 4 nitrogen and oxygen atoms in total. The van der Waals surface area contributed by atoms with E-state index in [1.165, 1.54) is 38.8 Å². The van der Waals surface area contributed by atoms with Crippen molar-refractivity contribution in [3.05, 3.63) is 0 Å². The Morgan fingerprint density at radius 2 is 1.94 bits per heavy atom. The van der Waals surface area contributed by atoms with Crippen LogP contribution in [0, 0.1) is 0 Å². The van der Waals surface area contributed by atoms with E-state index in [1.807, 2.05) is 0 Å². The number of nitrogens with zero attached hydrogens (tertiary/aromatic N) is 1. The number of aliphatic carboxylic acids is 1. The highest BCUT2D eigenvalue weighted by atomic mass is 16.4. The second-order valence-electron chi connectivity index (χ2n) is 5.04. The summed E-state index contributed by atoms with van der Waals surface area (Å²) in [6.45, 7) is 6.58. The number of likely N-dealkylation sites (tertiary alicyclic amines) is 1.